The van der Waals surface area contributed by atoms with Gasteiger partial charge in [-0.2, -0.15) is 0 Å². The summed E-state index contributed by atoms with van der Waals surface area (Å²) >= 11 is 0. The molecule has 0 aliphatic heterocycles. The number of halogens is 1. The van der Waals surface area contributed by atoms with Gasteiger partial charge < -0.3 is 9.64 Å². The van der Waals surface area contributed by atoms with Gasteiger partial charge in [-0.05, 0) is 52.9 Å². The Hall–Kier alpha value is -1.56. The van der Waals surface area contributed by atoms with Gasteiger partial charge in [0.2, 0.25) is 5.91 Å². The third-order valence-corrected chi connectivity index (χ3v) is 4.90. The van der Waals surface area contributed by atoms with Crippen LogP contribution in [0.4, 0.5) is 0 Å². The number of carbonyl (C=O) groups is 2. The fourth-order valence-electron chi connectivity index (χ4n) is 3.20. The number of likely N-dealkylation sites (N-methyl/N-ethyl adjacent to an activating group) is 1. The molecule has 0 radical (unpaired) electrons. The lowest BCUT2D eigenvalue weighted by Gasteiger charge is -2.23. The Morgan fingerprint density at radius 3 is 1.97 bits per heavy atom. The molecule has 0 aromatic rings. The van der Waals surface area contributed by atoms with Gasteiger partial charge in [-0.25, -0.2) is 0 Å². The number of carbonyl (C=O) groups excluding carboxylic acids is 2. The molecular formula is C26H50ClN3O3. The summed E-state index contributed by atoms with van der Waals surface area (Å²) in [7, 11) is 0. The molecule has 33 heavy (non-hydrogen) atoms. The van der Waals surface area contributed by atoms with E-state index in [0.29, 0.717) is 11.3 Å². The number of allylic oxidation sites excluding steroid dienone is 2. The van der Waals surface area contributed by atoms with Crippen LogP contribution >= 0.6 is 12.4 Å². The van der Waals surface area contributed by atoms with E-state index in [-0.39, 0.29) is 18.8 Å². The number of unbranched alkanes of at least 4 members (excludes halogenated alkanes) is 11. The number of hydrogen-bond donors (Lipinski definition) is 2. The summed E-state index contributed by atoms with van der Waals surface area (Å²) in [5.74, 6) is -1.82. The molecule has 1 amide bonds. The number of esters is 1. The molecule has 2 N–H and O–H groups in total. The van der Waals surface area contributed by atoms with E-state index in [0.717, 1.165) is 32.1 Å². The van der Waals surface area contributed by atoms with Crippen LogP contribution in [0.5, 0.6) is 0 Å². The first kappa shape index (κ1) is 27.7. The lowest BCUT2D eigenvalue weighted by Crippen LogP contribution is -2.44. The van der Waals surface area contributed by atoms with Crippen molar-refractivity contribution in [3.8, 4) is 0 Å². The molecule has 0 saturated carbocycles. The number of nitrogens with one attached hydrogen (secondary N) is 2. The summed E-state index contributed by atoms with van der Waals surface area (Å²) in [5, 5.41) is 10.3. The van der Waals surface area contributed by atoms with Crippen LogP contribution in [0.3, 0.4) is 0 Å². The Kier molecular flexibility index (Phi) is 17.6. The summed E-state index contributed by atoms with van der Waals surface area (Å²) in [4.78, 5) is 24.7. The quantitative estimate of drug-likeness (QED) is 0.0774. The predicted molar refractivity (Wildman–Crippen MR) is 141 cm³/mol. The van der Waals surface area contributed by atoms with Crippen LogP contribution < -0.4 is 5.32 Å². The minimum Gasteiger partial charge on any atom is -0.459 e. The van der Waals surface area contributed by atoms with Gasteiger partial charge in [-0.15, -0.1) is 12.4 Å². The molecule has 6 nitrogen and oxygen atoms in total. The first-order chi connectivity index (χ1) is 16.4. The average Bonchev–Trinajstić information content (AvgIpc) is 2.72. The van der Waals surface area contributed by atoms with Crippen LogP contribution in [0, 0.1) is 5.41 Å². The number of rotatable bonds is 17. The summed E-state index contributed by atoms with van der Waals surface area (Å²) < 4.78 is 27.8. The normalized spacial score (nSPS) is 12.9. The van der Waals surface area contributed by atoms with E-state index in [1.807, 2.05) is 0 Å². The highest BCUT2D eigenvalue weighted by Gasteiger charge is 2.19. The van der Waals surface area contributed by atoms with Crippen molar-refractivity contribution >= 4 is 30.2 Å². The summed E-state index contributed by atoms with van der Waals surface area (Å²) in [6, 6.07) is 0. The van der Waals surface area contributed by atoms with Crippen molar-refractivity contribution in [1.29, 1.82) is 5.41 Å². The van der Waals surface area contributed by atoms with Crippen molar-refractivity contribution in [3.63, 3.8) is 0 Å². The molecular weight excluding hydrogens is 438 g/mol. The highest BCUT2D eigenvalue weighted by atomic mass is 35.5. The first-order valence-electron chi connectivity index (χ1n) is 13.9. The van der Waals surface area contributed by atoms with E-state index in [2.05, 4.69) is 24.4 Å². The second-order valence-electron chi connectivity index (χ2n) is 9.40. The fourth-order valence-corrected chi connectivity index (χ4v) is 3.20. The van der Waals surface area contributed by atoms with Crippen LogP contribution in [0.15, 0.2) is 12.2 Å². The number of nitrogens with zero attached hydrogens (tertiary/aromatic N) is 1. The Morgan fingerprint density at radius 2 is 1.45 bits per heavy atom. The number of ether oxygens (including phenoxy) is 1. The fraction of sp³-hybridized carbons (Fsp3) is 0.808. The number of amides is 1. The van der Waals surface area contributed by atoms with Crippen LogP contribution in [0.1, 0.15) is 122 Å². The van der Waals surface area contributed by atoms with Gasteiger partial charge in [0.25, 0.3) is 0 Å². The van der Waals surface area contributed by atoms with Crippen molar-refractivity contribution in [3.05, 3.63) is 12.2 Å². The van der Waals surface area contributed by atoms with E-state index in [9.17, 15) is 9.59 Å². The minimum absolute atomic E-state index is 0. The summed E-state index contributed by atoms with van der Waals surface area (Å²) in [6.07, 6.45) is 19.9. The Labute approximate surface area is 213 Å². The maximum absolute atomic E-state index is 12.1. The Morgan fingerprint density at radius 1 is 0.939 bits per heavy atom. The molecule has 0 fully saturated rings. The molecule has 0 spiro atoms. The summed E-state index contributed by atoms with van der Waals surface area (Å²) in [5.41, 5.74) is -0.771. The van der Waals surface area contributed by atoms with Gasteiger partial charge in [0.05, 0.1) is 0 Å². The first-order valence-corrected chi connectivity index (χ1v) is 12.4. The Balaban J connectivity index is 0. The van der Waals surface area contributed by atoms with Crippen molar-refractivity contribution in [2.45, 2.75) is 123 Å². The van der Waals surface area contributed by atoms with E-state index in [1.54, 1.807) is 20.8 Å². The van der Waals surface area contributed by atoms with Crippen LogP contribution in [0.25, 0.3) is 0 Å². The molecule has 0 heterocycles. The van der Waals surface area contributed by atoms with Crippen LogP contribution in [-0.2, 0) is 14.3 Å². The van der Waals surface area contributed by atoms with Crippen molar-refractivity contribution in [2.75, 3.05) is 13.5 Å². The molecule has 0 atom stereocenters. The maximum atomic E-state index is 12.1. The standard InChI is InChI=1S/C26H49N3O3.ClH/c1-6-7-8-9-10-11-12-13-14-15-16-17-18-19-20-21-23(30)28-25(27)29(5)22-24(31)32-26(2,3)4;/h13-14H,6-12,15-22H2,1-5H3,(H2,27,28,30);1H/b14-13-;/i5D3;. The van der Waals surface area contributed by atoms with E-state index < -0.39 is 37.0 Å². The highest BCUT2D eigenvalue weighted by Crippen LogP contribution is 2.10. The molecule has 0 rings (SSSR count). The molecule has 0 aliphatic rings. The second-order valence-corrected chi connectivity index (χ2v) is 9.40. The van der Waals surface area contributed by atoms with Gasteiger partial charge in [-0.1, -0.05) is 70.4 Å². The topological polar surface area (TPSA) is 82.5 Å². The third kappa shape index (κ3) is 23.4. The van der Waals surface area contributed by atoms with Gasteiger partial charge in [0.15, 0.2) is 5.96 Å². The predicted octanol–water partition coefficient (Wildman–Crippen LogP) is 6.77. The molecule has 0 aromatic heterocycles. The highest BCUT2D eigenvalue weighted by molar-refractivity contribution is 5.96. The van der Waals surface area contributed by atoms with Gasteiger partial charge in [0, 0.05) is 17.5 Å². The number of hydrogen-bond acceptors (Lipinski definition) is 4. The lowest BCUT2D eigenvalue weighted by molar-refractivity contribution is -0.155. The maximum Gasteiger partial charge on any atom is 0.326 e. The van der Waals surface area contributed by atoms with E-state index in [1.165, 1.54) is 44.9 Å². The SMILES string of the molecule is Cl.[2H]C([2H])([2H])N(CC(=O)OC(C)(C)C)C(=N)NC(=O)CCCCCCC/C=C\CCCCCCCC. The molecule has 0 saturated heterocycles. The van der Waals surface area contributed by atoms with Gasteiger partial charge in [0.1, 0.15) is 12.1 Å². The minimum atomic E-state index is -2.75. The monoisotopic (exact) mass is 490 g/mol. The van der Waals surface area contributed by atoms with Crippen LogP contribution in [-0.4, -0.2) is 41.9 Å². The van der Waals surface area contributed by atoms with Crippen molar-refractivity contribution in [1.82, 2.24) is 10.2 Å². The zero-order valence-corrected chi connectivity index (χ0v) is 22.2. The second kappa shape index (κ2) is 21.0. The van der Waals surface area contributed by atoms with Crippen molar-refractivity contribution in [2.24, 2.45) is 0 Å². The largest absolute Gasteiger partial charge is 0.459 e. The third-order valence-electron chi connectivity index (χ3n) is 4.90. The molecule has 0 unspecified atom stereocenters. The van der Waals surface area contributed by atoms with E-state index >= 15 is 0 Å². The zero-order chi connectivity index (χ0) is 26.7. The zero-order valence-electron chi connectivity index (χ0n) is 24.3. The molecule has 0 aliphatic carbocycles. The molecule has 194 valence electrons. The molecule has 0 aromatic carbocycles. The van der Waals surface area contributed by atoms with E-state index in [4.69, 9.17) is 14.3 Å². The summed E-state index contributed by atoms with van der Waals surface area (Å²) in [6.45, 7) is 3.87. The molecule has 7 heteroatoms. The lowest BCUT2D eigenvalue weighted by atomic mass is 10.1. The smallest absolute Gasteiger partial charge is 0.326 e. The van der Waals surface area contributed by atoms with Gasteiger partial charge >= 0.3 is 5.97 Å². The van der Waals surface area contributed by atoms with Crippen LogP contribution in [0.2, 0.25) is 0 Å². The average molecular weight is 491 g/mol. The van der Waals surface area contributed by atoms with Gasteiger partial charge in [-0.3, -0.25) is 20.3 Å². The van der Waals surface area contributed by atoms with Crippen molar-refractivity contribution < 1.29 is 18.4 Å². The number of guanidine groups is 1. The Bertz CT molecular complexity index is 651. The molecule has 0 bridgehead atoms.